The highest BCUT2D eigenvalue weighted by Crippen LogP contribution is 2.08. The highest BCUT2D eigenvalue weighted by atomic mass is 16.5. The van der Waals surface area contributed by atoms with E-state index in [0.717, 1.165) is 51.9 Å². The van der Waals surface area contributed by atoms with Crippen LogP contribution in [0.5, 0.6) is 0 Å². The number of carbonyl (C=O) groups is 1. The normalized spacial score (nSPS) is 15.3. The maximum atomic E-state index is 12.2. The van der Waals surface area contributed by atoms with Gasteiger partial charge in [0, 0.05) is 32.8 Å². The second-order valence-electron chi connectivity index (χ2n) is 6.14. The molecule has 0 unspecified atom stereocenters. The number of amides is 1. The number of aliphatic imine (C=N–C) groups is 1. The fraction of sp³-hybridized carbons (Fsp3) is 0.889. The molecule has 0 radical (unpaired) electrons. The molecule has 1 fully saturated rings. The Morgan fingerprint density at radius 2 is 1.72 bits per heavy atom. The molecule has 0 bridgehead atoms. The van der Waals surface area contributed by atoms with Gasteiger partial charge in [-0.15, -0.1) is 0 Å². The average Bonchev–Trinajstić information content (AvgIpc) is 2.65. The number of nitrogens with zero attached hydrogens (tertiary/aromatic N) is 2. The van der Waals surface area contributed by atoms with Gasteiger partial charge in [-0.1, -0.05) is 13.3 Å². The van der Waals surface area contributed by atoms with Crippen LogP contribution in [-0.2, 0) is 14.3 Å². The van der Waals surface area contributed by atoms with Crippen molar-refractivity contribution in [1.29, 1.82) is 0 Å². The number of unbranched alkanes of at least 4 members (excludes halogenated alkanes) is 1. The van der Waals surface area contributed by atoms with Crippen LogP contribution in [0.4, 0.5) is 0 Å². The lowest BCUT2D eigenvalue weighted by Crippen LogP contribution is -2.41. The third kappa shape index (κ3) is 11.0. The molecule has 25 heavy (non-hydrogen) atoms. The maximum absolute atomic E-state index is 12.2. The van der Waals surface area contributed by atoms with Gasteiger partial charge in [0.05, 0.1) is 19.8 Å². The second kappa shape index (κ2) is 15.0. The summed E-state index contributed by atoms with van der Waals surface area (Å²) < 4.78 is 11.0. The van der Waals surface area contributed by atoms with Crippen molar-refractivity contribution < 1.29 is 14.3 Å². The van der Waals surface area contributed by atoms with Crippen molar-refractivity contribution in [3.05, 3.63) is 0 Å². The fourth-order valence-electron chi connectivity index (χ4n) is 2.54. The van der Waals surface area contributed by atoms with Gasteiger partial charge < -0.3 is 25.0 Å². The molecule has 0 spiro atoms. The van der Waals surface area contributed by atoms with Crippen LogP contribution in [0.15, 0.2) is 4.99 Å². The zero-order chi connectivity index (χ0) is 18.2. The number of ether oxygens (including phenoxy) is 2. The van der Waals surface area contributed by atoms with Crippen LogP contribution in [-0.4, -0.2) is 75.9 Å². The van der Waals surface area contributed by atoms with Crippen molar-refractivity contribution in [2.75, 3.05) is 59.2 Å². The molecular formula is C18H36N4O3. The summed E-state index contributed by atoms with van der Waals surface area (Å²) in [5.41, 5.74) is 0. The Labute approximate surface area is 152 Å². The van der Waals surface area contributed by atoms with E-state index in [1.54, 1.807) is 0 Å². The Morgan fingerprint density at radius 3 is 2.40 bits per heavy atom. The van der Waals surface area contributed by atoms with Crippen molar-refractivity contribution in [3.8, 4) is 0 Å². The molecule has 1 amide bonds. The Bertz CT molecular complexity index is 371. The molecule has 7 heteroatoms. The predicted molar refractivity (Wildman–Crippen MR) is 101 cm³/mol. The first-order chi connectivity index (χ1) is 12.3. The van der Waals surface area contributed by atoms with Crippen molar-refractivity contribution in [3.63, 3.8) is 0 Å². The highest BCUT2D eigenvalue weighted by molar-refractivity contribution is 5.84. The zero-order valence-electron chi connectivity index (χ0n) is 16.0. The van der Waals surface area contributed by atoms with Gasteiger partial charge in [0.25, 0.3) is 0 Å². The van der Waals surface area contributed by atoms with E-state index in [4.69, 9.17) is 9.47 Å². The lowest BCUT2D eigenvalue weighted by Gasteiger charge is -2.26. The fourth-order valence-corrected chi connectivity index (χ4v) is 2.54. The van der Waals surface area contributed by atoms with Gasteiger partial charge >= 0.3 is 0 Å². The Morgan fingerprint density at radius 1 is 1.00 bits per heavy atom. The summed E-state index contributed by atoms with van der Waals surface area (Å²) in [6, 6.07) is 0. The summed E-state index contributed by atoms with van der Waals surface area (Å²) in [6.07, 6.45) is 5.68. The van der Waals surface area contributed by atoms with Gasteiger partial charge in [0.15, 0.2) is 5.96 Å². The molecule has 0 aromatic heterocycles. The first-order valence-corrected chi connectivity index (χ1v) is 9.73. The second-order valence-corrected chi connectivity index (χ2v) is 6.14. The molecule has 1 aliphatic heterocycles. The molecule has 0 atom stereocenters. The molecule has 1 aliphatic rings. The van der Waals surface area contributed by atoms with Crippen LogP contribution in [0, 0.1) is 0 Å². The van der Waals surface area contributed by atoms with Crippen LogP contribution in [0.1, 0.15) is 46.0 Å². The first kappa shape index (κ1) is 21.7. The standard InChI is InChI=1S/C18H36N4O3/c1-3-5-12-24-14-15-25-13-9-20-18(19-4-2)21-16-17(23)22-10-7-6-8-11-22/h3-16H2,1-2H3,(H2,19,20,21). The Balaban J connectivity index is 2.14. The van der Waals surface area contributed by atoms with Crippen molar-refractivity contribution in [2.45, 2.75) is 46.0 Å². The Kier molecular flexibility index (Phi) is 13.0. The van der Waals surface area contributed by atoms with Crippen LogP contribution in [0.25, 0.3) is 0 Å². The molecule has 7 nitrogen and oxygen atoms in total. The minimum Gasteiger partial charge on any atom is -0.379 e. The van der Waals surface area contributed by atoms with Crippen molar-refractivity contribution in [1.82, 2.24) is 15.5 Å². The summed E-state index contributed by atoms with van der Waals surface area (Å²) >= 11 is 0. The smallest absolute Gasteiger partial charge is 0.244 e. The number of likely N-dealkylation sites (tertiary alicyclic amines) is 1. The van der Waals surface area contributed by atoms with Gasteiger partial charge in [-0.3, -0.25) is 4.79 Å². The number of guanidine groups is 1. The minimum absolute atomic E-state index is 0.109. The van der Waals surface area contributed by atoms with Gasteiger partial charge in [0.2, 0.25) is 5.91 Å². The zero-order valence-corrected chi connectivity index (χ0v) is 16.0. The summed E-state index contributed by atoms with van der Waals surface area (Å²) in [6.45, 7) is 10.1. The Hall–Kier alpha value is -1.34. The van der Waals surface area contributed by atoms with E-state index in [1.807, 2.05) is 11.8 Å². The topological polar surface area (TPSA) is 75.2 Å². The lowest BCUT2D eigenvalue weighted by atomic mass is 10.1. The maximum Gasteiger partial charge on any atom is 0.244 e. The van der Waals surface area contributed by atoms with Crippen LogP contribution in [0.2, 0.25) is 0 Å². The van der Waals surface area contributed by atoms with E-state index >= 15 is 0 Å². The predicted octanol–water partition coefficient (Wildman–Crippen LogP) is 1.39. The molecule has 0 aliphatic carbocycles. The lowest BCUT2D eigenvalue weighted by molar-refractivity contribution is -0.130. The van der Waals surface area contributed by atoms with E-state index < -0.39 is 0 Å². The number of hydrogen-bond donors (Lipinski definition) is 2. The summed E-state index contributed by atoms with van der Waals surface area (Å²) in [4.78, 5) is 18.4. The average molecular weight is 357 g/mol. The number of hydrogen-bond acceptors (Lipinski definition) is 4. The quantitative estimate of drug-likeness (QED) is 0.314. The van der Waals surface area contributed by atoms with E-state index in [2.05, 4.69) is 22.5 Å². The molecule has 1 heterocycles. The number of piperidine rings is 1. The van der Waals surface area contributed by atoms with Crippen LogP contribution >= 0.6 is 0 Å². The number of nitrogens with one attached hydrogen (secondary N) is 2. The molecular weight excluding hydrogens is 320 g/mol. The minimum atomic E-state index is 0.109. The first-order valence-electron chi connectivity index (χ1n) is 9.73. The molecule has 1 saturated heterocycles. The molecule has 1 rings (SSSR count). The third-order valence-corrected chi connectivity index (χ3v) is 3.98. The van der Waals surface area contributed by atoms with E-state index in [1.165, 1.54) is 6.42 Å². The molecule has 0 saturated carbocycles. The monoisotopic (exact) mass is 356 g/mol. The van der Waals surface area contributed by atoms with Gasteiger partial charge in [-0.25, -0.2) is 4.99 Å². The molecule has 0 aromatic carbocycles. The third-order valence-electron chi connectivity index (χ3n) is 3.98. The van der Waals surface area contributed by atoms with Crippen LogP contribution in [0.3, 0.4) is 0 Å². The number of rotatable bonds is 12. The molecule has 2 N–H and O–H groups in total. The molecule has 0 aromatic rings. The van der Waals surface area contributed by atoms with E-state index in [9.17, 15) is 4.79 Å². The van der Waals surface area contributed by atoms with Crippen molar-refractivity contribution >= 4 is 11.9 Å². The summed E-state index contributed by atoms with van der Waals surface area (Å²) in [5, 5.41) is 6.35. The van der Waals surface area contributed by atoms with E-state index in [-0.39, 0.29) is 12.5 Å². The van der Waals surface area contributed by atoms with Crippen LogP contribution < -0.4 is 10.6 Å². The molecule has 146 valence electrons. The van der Waals surface area contributed by atoms with E-state index in [0.29, 0.717) is 32.3 Å². The van der Waals surface area contributed by atoms with Gasteiger partial charge in [0.1, 0.15) is 6.54 Å². The summed E-state index contributed by atoms with van der Waals surface area (Å²) in [5.74, 6) is 0.771. The largest absolute Gasteiger partial charge is 0.379 e. The van der Waals surface area contributed by atoms with Crippen molar-refractivity contribution in [2.24, 2.45) is 4.99 Å². The van der Waals surface area contributed by atoms with Gasteiger partial charge in [-0.05, 0) is 32.6 Å². The number of carbonyl (C=O) groups excluding carboxylic acids is 1. The highest BCUT2D eigenvalue weighted by Gasteiger charge is 2.15. The van der Waals surface area contributed by atoms with Gasteiger partial charge in [-0.2, -0.15) is 0 Å². The summed E-state index contributed by atoms with van der Waals surface area (Å²) in [7, 11) is 0. The SMILES string of the molecule is CCCCOCCOCCNC(=NCC(=O)N1CCCCC1)NCC.